The molecule has 1 aliphatic rings. The first kappa shape index (κ1) is 12.7. The Labute approximate surface area is 120 Å². The van der Waals surface area contributed by atoms with Crippen molar-refractivity contribution in [2.75, 3.05) is 24.2 Å². The van der Waals surface area contributed by atoms with Crippen molar-refractivity contribution in [1.82, 2.24) is 4.98 Å². The van der Waals surface area contributed by atoms with Crippen LogP contribution in [0.2, 0.25) is 0 Å². The number of nitrogen functional groups attached to an aromatic ring is 1. The van der Waals surface area contributed by atoms with E-state index >= 15 is 0 Å². The molecule has 19 heavy (non-hydrogen) atoms. The largest absolute Gasteiger partial charge is 0.396 e. The summed E-state index contributed by atoms with van der Waals surface area (Å²) in [6.45, 7) is 0.978. The number of aliphatic hydroxyl groups is 1. The summed E-state index contributed by atoms with van der Waals surface area (Å²) in [5.41, 5.74) is 8.53. The number of hydrogen-bond acceptors (Lipinski definition) is 4. The third kappa shape index (κ3) is 2.40. The lowest BCUT2D eigenvalue weighted by Crippen LogP contribution is -2.19. The van der Waals surface area contributed by atoms with Crippen LogP contribution >= 0.6 is 15.9 Å². The van der Waals surface area contributed by atoms with Crippen molar-refractivity contribution in [2.45, 2.75) is 12.8 Å². The standard InChI is InChI=1S/C14H16BrN3O/c15-9-1-2-12-10(5-9)13(11(16)6-17-12)18-7-14(8-19)3-4-14/h1-2,5-6,19H,3-4,7-8,16H2,(H,17,18). The number of nitrogens with zero attached hydrogens (tertiary/aromatic N) is 1. The van der Waals surface area contributed by atoms with E-state index < -0.39 is 0 Å². The van der Waals surface area contributed by atoms with Gasteiger partial charge in [0.25, 0.3) is 0 Å². The Bertz CT molecular complexity index is 620. The lowest BCUT2D eigenvalue weighted by atomic mass is 10.1. The van der Waals surface area contributed by atoms with Crippen molar-refractivity contribution in [3.63, 3.8) is 0 Å². The molecule has 0 atom stereocenters. The molecule has 0 aliphatic heterocycles. The van der Waals surface area contributed by atoms with E-state index in [0.717, 1.165) is 40.4 Å². The zero-order valence-corrected chi connectivity index (χ0v) is 12.1. The fourth-order valence-corrected chi connectivity index (χ4v) is 2.58. The lowest BCUT2D eigenvalue weighted by molar-refractivity contribution is 0.220. The van der Waals surface area contributed by atoms with Crippen molar-refractivity contribution < 1.29 is 5.11 Å². The number of nitrogens with one attached hydrogen (secondary N) is 1. The van der Waals surface area contributed by atoms with Crippen LogP contribution in [-0.2, 0) is 0 Å². The molecule has 0 bridgehead atoms. The van der Waals surface area contributed by atoms with Crippen LogP contribution in [0.3, 0.4) is 0 Å². The van der Waals surface area contributed by atoms with Gasteiger partial charge in [-0.05, 0) is 31.0 Å². The number of benzene rings is 1. The molecule has 5 heteroatoms. The summed E-state index contributed by atoms with van der Waals surface area (Å²) in [5, 5.41) is 13.8. The number of rotatable bonds is 4. The van der Waals surface area contributed by atoms with Crippen LogP contribution in [0.5, 0.6) is 0 Å². The summed E-state index contributed by atoms with van der Waals surface area (Å²) in [5.74, 6) is 0. The molecule has 0 amide bonds. The maximum absolute atomic E-state index is 9.37. The fraction of sp³-hybridized carbons (Fsp3) is 0.357. The Hall–Kier alpha value is -1.33. The highest BCUT2D eigenvalue weighted by atomic mass is 79.9. The molecular weight excluding hydrogens is 306 g/mol. The maximum atomic E-state index is 9.37. The second kappa shape index (κ2) is 4.65. The molecule has 1 fully saturated rings. The maximum Gasteiger partial charge on any atom is 0.0743 e. The van der Waals surface area contributed by atoms with Crippen LogP contribution in [-0.4, -0.2) is 23.2 Å². The molecule has 1 heterocycles. The molecule has 1 saturated carbocycles. The number of anilines is 2. The second-order valence-corrected chi connectivity index (χ2v) is 6.18. The summed E-state index contributed by atoms with van der Waals surface area (Å²) in [6.07, 6.45) is 3.82. The van der Waals surface area contributed by atoms with E-state index in [1.807, 2.05) is 18.2 Å². The monoisotopic (exact) mass is 321 g/mol. The van der Waals surface area contributed by atoms with Crippen LogP contribution in [0.15, 0.2) is 28.9 Å². The van der Waals surface area contributed by atoms with Gasteiger partial charge in [-0.2, -0.15) is 0 Å². The molecule has 0 spiro atoms. The van der Waals surface area contributed by atoms with Crippen LogP contribution in [0, 0.1) is 5.41 Å². The normalized spacial score (nSPS) is 16.5. The summed E-state index contributed by atoms with van der Waals surface area (Å²) in [7, 11) is 0. The molecule has 3 rings (SSSR count). The highest BCUT2D eigenvalue weighted by molar-refractivity contribution is 9.10. The number of halogens is 1. The van der Waals surface area contributed by atoms with Crippen molar-refractivity contribution in [2.24, 2.45) is 5.41 Å². The first-order valence-corrected chi connectivity index (χ1v) is 7.11. The van der Waals surface area contributed by atoms with Gasteiger partial charge >= 0.3 is 0 Å². The topological polar surface area (TPSA) is 71.2 Å². The zero-order chi connectivity index (χ0) is 13.5. The Morgan fingerprint density at radius 3 is 2.89 bits per heavy atom. The van der Waals surface area contributed by atoms with Gasteiger partial charge < -0.3 is 16.2 Å². The van der Waals surface area contributed by atoms with Gasteiger partial charge in [-0.25, -0.2) is 0 Å². The number of fused-ring (bicyclic) bond motifs is 1. The number of pyridine rings is 1. The Kier molecular flexibility index (Phi) is 3.11. The second-order valence-electron chi connectivity index (χ2n) is 5.26. The molecule has 1 aromatic heterocycles. The summed E-state index contributed by atoms with van der Waals surface area (Å²) >= 11 is 3.47. The third-order valence-corrected chi connectivity index (χ3v) is 4.29. The summed E-state index contributed by atoms with van der Waals surface area (Å²) in [6, 6.07) is 5.94. The van der Waals surface area contributed by atoms with E-state index in [0.29, 0.717) is 5.69 Å². The number of nitrogens with two attached hydrogens (primary N) is 1. The third-order valence-electron chi connectivity index (χ3n) is 3.79. The molecule has 2 aromatic rings. The number of aromatic nitrogens is 1. The van der Waals surface area contributed by atoms with Gasteiger partial charge in [0.15, 0.2) is 0 Å². The minimum Gasteiger partial charge on any atom is -0.396 e. The minimum atomic E-state index is 0.0496. The van der Waals surface area contributed by atoms with E-state index in [2.05, 4.69) is 26.2 Å². The quantitative estimate of drug-likeness (QED) is 0.809. The molecule has 1 aliphatic carbocycles. The van der Waals surface area contributed by atoms with Crippen LogP contribution in [0.25, 0.3) is 10.9 Å². The molecule has 100 valence electrons. The van der Waals surface area contributed by atoms with Crippen molar-refractivity contribution in [1.29, 1.82) is 0 Å². The van der Waals surface area contributed by atoms with Crippen molar-refractivity contribution in [3.8, 4) is 0 Å². The highest BCUT2D eigenvalue weighted by Crippen LogP contribution is 2.45. The smallest absolute Gasteiger partial charge is 0.0743 e. The van der Waals surface area contributed by atoms with Gasteiger partial charge in [-0.3, -0.25) is 4.98 Å². The first-order chi connectivity index (χ1) is 9.13. The van der Waals surface area contributed by atoms with E-state index in [-0.39, 0.29) is 12.0 Å². The average molecular weight is 322 g/mol. The zero-order valence-electron chi connectivity index (χ0n) is 10.5. The van der Waals surface area contributed by atoms with E-state index in [1.54, 1.807) is 6.20 Å². The molecule has 0 saturated heterocycles. The molecule has 4 N–H and O–H groups in total. The SMILES string of the molecule is Nc1cnc2ccc(Br)cc2c1NCC1(CO)CC1. The van der Waals surface area contributed by atoms with Gasteiger partial charge in [-0.1, -0.05) is 15.9 Å². The van der Waals surface area contributed by atoms with Gasteiger partial charge in [0.1, 0.15) is 0 Å². The Morgan fingerprint density at radius 2 is 2.21 bits per heavy atom. The molecule has 4 nitrogen and oxygen atoms in total. The first-order valence-electron chi connectivity index (χ1n) is 6.32. The number of aliphatic hydroxyl groups excluding tert-OH is 1. The van der Waals surface area contributed by atoms with E-state index in [9.17, 15) is 5.11 Å². The van der Waals surface area contributed by atoms with E-state index in [1.165, 1.54) is 0 Å². The van der Waals surface area contributed by atoms with Crippen LogP contribution in [0.1, 0.15) is 12.8 Å². The fourth-order valence-electron chi connectivity index (χ4n) is 2.22. The number of hydrogen-bond donors (Lipinski definition) is 3. The Morgan fingerprint density at radius 1 is 1.42 bits per heavy atom. The molecule has 0 unspecified atom stereocenters. The molecule has 0 radical (unpaired) electrons. The summed E-state index contributed by atoms with van der Waals surface area (Å²) < 4.78 is 0.999. The lowest BCUT2D eigenvalue weighted by Gasteiger charge is -2.17. The highest BCUT2D eigenvalue weighted by Gasteiger charge is 2.41. The average Bonchev–Trinajstić information content (AvgIpc) is 3.18. The predicted molar refractivity (Wildman–Crippen MR) is 81.1 cm³/mol. The molecule has 1 aromatic carbocycles. The van der Waals surface area contributed by atoms with Gasteiger partial charge in [0, 0.05) is 21.8 Å². The van der Waals surface area contributed by atoms with Crippen LogP contribution in [0.4, 0.5) is 11.4 Å². The van der Waals surface area contributed by atoms with Gasteiger partial charge in [0.2, 0.25) is 0 Å². The van der Waals surface area contributed by atoms with Gasteiger partial charge in [-0.15, -0.1) is 0 Å². The van der Waals surface area contributed by atoms with E-state index in [4.69, 9.17) is 5.73 Å². The minimum absolute atomic E-state index is 0.0496. The van der Waals surface area contributed by atoms with Crippen molar-refractivity contribution in [3.05, 3.63) is 28.9 Å². The summed E-state index contributed by atoms with van der Waals surface area (Å²) in [4.78, 5) is 4.33. The predicted octanol–water partition coefficient (Wildman–Crippen LogP) is 2.76. The molecular formula is C14H16BrN3O. The van der Waals surface area contributed by atoms with Crippen molar-refractivity contribution >= 4 is 38.2 Å². The van der Waals surface area contributed by atoms with Crippen LogP contribution < -0.4 is 11.1 Å². The Balaban J connectivity index is 1.96. The van der Waals surface area contributed by atoms with Gasteiger partial charge in [0.05, 0.1) is 29.7 Å².